The highest BCUT2D eigenvalue weighted by atomic mass is 16.5. The van der Waals surface area contributed by atoms with Crippen LogP contribution in [0.5, 0.6) is 5.88 Å². The van der Waals surface area contributed by atoms with Gasteiger partial charge in [0.25, 0.3) is 0 Å². The van der Waals surface area contributed by atoms with Gasteiger partial charge in [-0.05, 0) is 43.2 Å². The maximum absolute atomic E-state index is 9.20. The molecule has 8 nitrogen and oxygen atoms in total. The largest absolute Gasteiger partial charge is 0.481 e. The fourth-order valence-electron chi connectivity index (χ4n) is 5.36. The number of aromatic nitrogens is 4. The second-order valence-electron chi connectivity index (χ2n) is 8.97. The highest BCUT2D eigenvalue weighted by Crippen LogP contribution is 2.47. The van der Waals surface area contributed by atoms with Crippen LogP contribution in [-0.4, -0.2) is 44.8 Å². The third-order valence-corrected chi connectivity index (χ3v) is 6.83. The Morgan fingerprint density at radius 1 is 1.09 bits per heavy atom. The number of nitrogens with one attached hydrogen (secondary N) is 1. The fourth-order valence-corrected chi connectivity index (χ4v) is 5.36. The first kappa shape index (κ1) is 19.7. The lowest BCUT2D eigenvalue weighted by molar-refractivity contribution is 0.0786. The second-order valence-corrected chi connectivity index (χ2v) is 8.97. The molecular formula is C25H23N7O. The number of nitriles is 1. The van der Waals surface area contributed by atoms with E-state index in [-0.39, 0.29) is 11.6 Å². The molecule has 3 fully saturated rings. The molecule has 8 heteroatoms. The molecule has 3 aliphatic heterocycles. The number of piperidine rings is 1. The Morgan fingerprint density at radius 2 is 1.94 bits per heavy atom. The number of methoxy groups -OCH3 is 1. The summed E-state index contributed by atoms with van der Waals surface area (Å²) in [6.45, 7) is 3.17. The number of hydrogen-bond donors (Lipinski definition) is 1. The zero-order valence-electron chi connectivity index (χ0n) is 18.4. The SMILES string of the molecule is COc1ccc(C2N(c3ccc(-c4ccc5c(C#N)cnn5c4)cn3)CC3CC2(C)N3)cn1. The van der Waals surface area contributed by atoms with E-state index in [4.69, 9.17) is 9.72 Å². The average molecular weight is 438 g/mol. The van der Waals surface area contributed by atoms with Crippen molar-refractivity contribution in [2.24, 2.45) is 0 Å². The van der Waals surface area contributed by atoms with Gasteiger partial charge < -0.3 is 15.0 Å². The molecule has 0 radical (unpaired) electrons. The zero-order chi connectivity index (χ0) is 22.6. The van der Waals surface area contributed by atoms with Crippen molar-refractivity contribution in [2.45, 2.75) is 31.0 Å². The summed E-state index contributed by atoms with van der Waals surface area (Å²) in [7, 11) is 1.63. The number of nitrogens with zero attached hydrogens (tertiary/aromatic N) is 6. The first-order valence-electron chi connectivity index (χ1n) is 11.0. The van der Waals surface area contributed by atoms with Gasteiger partial charge in [-0.15, -0.1) is 0 Å². The maximum Gasteiger partial charge on any atom is 0.212 e. The van der Waals surface area contributed by atoms with E-state index in [1.165, 1.54) is 0 Å². The van der Waals surface area contributed by atoms with Gasteiger partial charge in [-0.2, -0.15) is 10.4 Å². The van der Waals surface area contributed by atoms with Crippen LogP contribution in [0.1, 0.15) is 30.5 Å². The van der Waals surface area contributed by atoms with Crippen LogP contribution in [-0.2, 0) is 0 Å². The predicted molar refractivity (Wildman–Crippen MR) is 124 cm³/mol. The minimum Gasteiger partial charge on any atom is -0.481 e. The second kappa shape index (κ2) is 7.29. The minimum absolute atomic E-state index is 0.0247. The van der Waals surface area contributed by atoms with E-state index in [0.717, 1.165) is 41.0 Å². The van der Waals surface area contributed by atoms with E-state index < -0.39 is 0 Å². The van der Waals surface area contributed by atoms with Gasteiger partial charge in [0.05, 0.1) is 30.4 Å². The minimum atomic E-state index is -0.0247. The molecule has 7 rings (SSSR count). The number of rotatable bonds is 4. The quantitative estimate of drug-likeness (QED) is 0.523. The topological polar surface area (TPSA) is 91.4 Å². The van der Waals surface area contributed by atoms with E-state index in [1.807, 2.05) is 36.8 Å². The van der Waals surface area contributed by atoms with Gasteiger partial charge in [0, 0.05) is 53.9 Å². The summed E-state index contributed by atoms with van der Waals surface area (Å²) in [6, 6.07) is 14.9. The molecule has 33 heavy (non-hydrogen) atoms. The Balaban J connectivity index is 1.32. The lowest BCUT2D eigenvalue weighted by Gasteiger charge is -2.61. The Kier molecular flexibility index (Phi) is 4.35. The maximum atomic E-state index is 9.20. The predicted octanol–water partition coefficient (Wildman–Crippen LogP) is 3.35. The first-order valence-corrected chi connectivity index (χ1v) is 11.0. The highest BCUT2D eigenvalue weighted by molar-refractivity contribution is 5.68. The molecule has 0 amide bonds. The van der Waals surface area contributed by atoms with Crippen molar-refractivity contribution in [3.05, 3.63) is 72.3 Å². The lowest BCUT2D eigenvalue weighted by atomic mass is 9.70. The molecule has 4 aromatic rings. The molecule has 4 aromatic heterocycles. The normalized spacial score (nSPS) is 23.7. The fraction of sp³-hybridized carbons (Fsp3) is 0.280. The van der Waals surface area contributed by atoms with Gasteiger partial charge >= 0.3 is 0 Å². The van der Waals surface area contributed by atoms with Crippen LogP contribution in [0.15, 0.2) is 61.2 Å². The summed E-state index contributed by atoms with van der Waals surface area (Å²) in [5, 5.41) is 17.2. The van der Waals surface area contributed by atoms with Crippen LogP contribution in [0.25, 0.3) is 16.6 Å². The van der Waals surface area contributed by atoms with Crippen LogP contribution >= 0.6 is 0 Å². The first-order chi connectivity index (χ1) is 16.1. The molecule has 3 atom stereocenters. The van der Waals surface area contributed by atoms with Crippen molar-refractivity contribution >= 4 is 11.3 Å². The van der Waals surface area contributed by atoms with Crippen LogP contribution in [0.3, 0.4) is 0 Å². The number of piperazine rings is 1. The molecule has 0 spiro atoms. The van der Waals surface area contributed by atoms with Gasteiger partial charge in [-0.3, -0.25) is 0 Å². The standard InChI is InChI=1S/C25H23N7O/c1-25-9-20(30-25)15-31(24(25)17-5-8-23(33-2)28-12-17)22-7-4-16(11-27-22)18-3-6-21-19(10-26)13-29-32(21)14-18/h3-8,11-14,20,24,30H,9,15H2,1-2H3. The van der Waals surface area contributed by atoms with E-state index in [1.54, 1.807) is 17.8 Å². The van der Waals surface area contributed by atoms with Gasteiger partial charge in [0.1, 0.15) is 11.9 Å². The monoisotopic (exact) mass is 437 g/mol. The molecule has 3 unspecified atom stereocenters. The molecular weight excluding hydrogens is 414 g/mol. The smallest absolute Gasteiger partial charge is 0.212 e. The van der Waals surface area contributed by atoms with E-state index in [0.29, 0.717) is 17.5 Å². The van der Waals surface area contributed by atoms with E-state index in [9.17, 15) is 5.26 Å². The lowest BCUT2D eigenvalue weighted by Crippen LogP contribution is -2.75. The number of pyridine rings is 3. The number of hydrogen-bond acceptors (Lipinski definition) is 7. The van der Waals surface area contributed by atoms with E-state index >= 15 is 0 Å². The molecule has 3 aliphatic rings. The Hall–Kier alpha value is -3.96. The number of fused-ring (bicyclic) bond motifs is 3. The third-order valence-electron chi connectivity index (χ3n) is 6.83. The highest BCUT2D eigenvalue weighted by Gasteiger charge is 2.54. The molecule has 1 N–H and O–H groups in total. The van der Waals surface area contributed by atoms with Gasteiger partial charge in [0.15, 0.2) is 0 Å². The van der Waals surface area contributed by atoms with Crippen LogP contribution < -0.4 is 15.0 Å². The Labute approximate surface area is 191 Å². The molecule has 0 aliphatic carbocycles. The van der Waals surface area contributed by atoms with Crippen LogP contribution in [0, 0.1) is 11.3 Å². The summed E-state index contributed by atoms with van der Waals surface area (Å²) in [6.07, 6.45) is 8.47. The van der Waals surface area contributed by atoms with Gasteiger partial charge in [-0.25, -0.2) is 14.5 Å². The molecule has 0 aromatic carbocycles. The van der Waals surface area contributed by atoms with Crippen molar-refractivity contribution in [3.8, 4) is 23.1 Å². The van der Waals surface area contributed by atoms with Crippen molar-refractivity contribution in [3.63, 3.8) is 0 Å². The van der Waals surface area contributed by atoms with Crippen LogP contribution in [0.4, 0.5) is 5.82 Å². The van der Waals surface area contributed by atoms with E-state index in [2.05, 4.69) is 51.5 Å². The number of ether oxygens (including phenoxy) is 1. The third kappa shape index (κ3) is 3.12. The van der Waals surface area contributed by atoms with Gasteiger partial charge in [-0.1, -0.05) is 6.07 Å². The summed E-state index contributed by atoms with van der Waals surface area (Å²) in [5.41, 5.74) is 4.49. The summed E-state index contributed by atoms with van der Waals surface area (Å²) < 4.78 is 6.98. The van der Waals surface area contributed by atoms with Crippen molar-refractivity contribution in [1.82, 2.24) is 24.9 Å². The summed E-state index contributed by atoms with van der Waals surface area (Å²) in [4.78, 5) is 11.7. The van der Waals surface area contributed by atoms with Gasteiger partial charge in [0.2, 0.25) is 5.88 Å². The number of anilines is 1. The van der Waals surface area contributed by atoms with Crippen molar-refractivity contribution in [1.29, 1.82) is 5.26 Å². The molecule has 2 bridgehead atoms. The zero-order valence-corrected chi connectivity index (χ0v) is 18.4. The summed E-state index contributed by atoms with van der Waals surface area (Å²) >= 11 is 0. The van der Waals surface area contributed by atoms with Crippen molar-refractivity contribution < 1.29 is 4.74 Å². The average Bonchev–Trinajstić information content (AvgIpc) is 3.26. The molecule has 164 valence electrons. The summed E-state index contributed by atoms with van der Waals surface area (Å²) in [5.74, 6) is 1.56. The van der Waals surface area contributed by atoms with Crippen LogP contribution in [0.2, 0.25) is 0 Å². The molecule has 7 heterocycles. The Morgan fingerprint density at radius 3 is 2.64 bits per heavy atom. The Bertz CT molecular complexity index is 1360. The van der Waals surface area contributed by atoms with Crippen molar-refractivity contribution in [2.75, 3.05) is 18.6 Å². The molecule has 3 saturated heterocycles. The molecule has 0 saturated carbocycles.